The fourth-order valence-corrected chi connectivity index (χ4v) is 6.58. The summed E-state index contributed by atoms with van der Waals surface area (Å²) in [6, 6.07) is 40.3. The molecule has 4 aromatic carbocycles. The molecule has 1 heterocycles. The first kappa shape index (κ1) is 33.8. The van der Waals surface area contributed by atoms with Crippen LogP contribution in [0.4, 0.5) is 4.39 Å². The maximum atomic E-state index is 14.1. The zero-order valence-electron chi connectivity index (χ0n) is 24.5. The van der Waals surface area contributed by atoms with Gasteiger partial charge in [-0.1, -0.05) is 109 Å². The highest BCUT2D eigenvalue weighted by Crippen LogP contribution is 2.41. The Morgan fingerprint density at radius 3 is 1.79 bits per heavy atom. The van der Waals surface area contributed by atoms with Gasteiger partial charge in [-0.05, 0) is 93.4 Å². The van der Waals surface area contributed by atoms with Gasteiger partial charge in [-0.25, -0.2) is 4.39 Å². The second kappa shape index (κ2) is 17.4. The lowest BCUT2D eigenvalue weighted by molar-refractivity contribution is 0.203. The third kappa shape index (κ3) is 8.91. The van der Waals surface area contributed by atoms with Crippen molar-refractivity contribution in [3.8, 4) is 0 Å². The zero-order chi connectivity index (χ0) is 27.5. The molecule has 2 nitrogen and oxygen atoms in total. The van der Waals surface area contributed by atoms with E-state index >= 15 is 0 Å². The van der Waals surface area contributed by atoms with Crippen LogP contribution in [0.15, 0.2) is 115 Å². The molecule has 0 atom stereocenters. The topological polar surface area (TPSA) is 15.3 Å². The minimum absolute atomic E-state index is 0. The Morgan fingerprint density at radius 2 is 1.19 bits per heavy atom. The van der Waals surface area contributed by atoms with Crippen molar-refractivity contribution in [2.24, 2.45) is 0 Å². The number of halogens is 3. The normalized spacial score (nSPS) is 14.1. The van der Waals surface area contributed by atoms with E-state index < -0.39 is 0 Å². The van der Waals surface area contributed by atoms with Crippen LogP contribution in [0, 0.1) is 5.82 Å². The summed E-state index contributed by atoms with van der Waals surface area (Å²) in [5, 5.41) is 3.50. The van der Waals surface area contributed by atoms with Crippen molar-refractivity contribution >= 4 is 24.8 Å². The Bertz CT molecular complexity index is 1240. The number of hydrogen-bond donors (Lipinski definition) is 1. The molecule has 5 heteroatoms. The summed E-state index contributed by atoms with van der Waals surface area (Å²) in [4.78, 5) is 2.68. The average molecular weight is 608 g/mol. The van der Waals surface area contributed by atoms with Crippen LogP contribution in [-0.2, 0) is 12.0 Å². The van der Waals surface area contributed by atoms with Crippen molar-refractivity contribution in [3.05, 3.63) is 143 Å². The van der Waals surface area contributed by atoms with E-state index in [4.69, 9.17) is 0 Å². The first-order valence-electron chi connectivity index (χ1n) is 15.1. The van der Waals surface area contributed by atoms with E-state index in [9.17, 15) is 4.39 Å². The molecule has 1 aliphatic rings. The molecule has 0 aromatic heterocycles. The molecule has 0 unspecified atom stereocenters. The number of piperidine rings is 1. The van der Waals surface area contributed by atoms with Gasteiger partial charge >= 0.3 is 0 Å². The standard InChI is InChI=1S/C37H43FN2.2ClH/c38-36-21-11-10-16-33(36)30-39-26-12-24-37(34-17-6-2-7-18-34,35-19-8-3-9-20-35)25-13-27-40-28-22-32(23-29-40)31-14-4-1-5-15-31;;/h1-11,14-21,32,39H,12-13,22-30H2;2*1H. The largest absolute Gasteiger partial charge is 0.313 e. The van der Waals surface area contributed by atoms with Gasteiger partial charge in [0.15, 0.2) is 0 Å². The smallest absolute Gasteiger partial charge is 0.127 e. The molecular formula is C37H45Cl2FN2. The number of benzene rings is 4. The van der Waals surface area contributed by atoms with E-state index in [1.54, 1.807) is 6.07 Å². The summed E-state index contributed by atoms with van der Waals surface area (Å²) in [7, 11) is 0. The average Bonchev–Trinajstić information content (AvgIpc) is 3.02. The van der Waals surface area contributed by atoms with E-state index in [0.717, 1.165) is 37.9 Å². The Labute approximate surface area is 264 Å². The highest BCUT2D eigenvalue weighted by Gasteiger charge is 2.33. The van der Waals surface area contributed by atoms with Crippen molar-refractivity contribution in [2.75, 3.05) is 26.2 Å². The third-order valence-corrected chi connectivity index (χ3v) is 8.82. The minimum atomic E-state index is -0.134. The van der Waals surface area contributed by atoms with Gasteiger partial charge in [-0.3, -0.25) is 0 Å². The Balaban J connectivity index is 0.00000242. The van der Waals surface area contributed by atoms with Crippen LogP contribution in [0.25, 0.3) is 0 Å². The van der Waals surface area contributed by atoms with E-state index in [2.05, 4.69) is 101 Å². The monoisotopic (exact) mass is 606 g/mol. The molecule has 1 N–H and O–H groups in total. The molecular weight excluding hydrogens is 562 g/mol. The van der Waals surface area contributed by atoms with Crippen LogP contribution in [0.3, 0.4) is 0 Å². The lowest BCUT2D eigenvalue weighted by Gasteiger charge is -2.37. The van der Waals surface area contributed by atoms with Crippen molar-refractivity contribution in [2.45, 2.75) is 56.4 Å². The van der Waals surface area contributed by atoms with Gasteiger partial charge in [0.1, 0.15) is 5.82 Å². The Kier molecular flexibility index (Phi) is 14.0. The van der Waals surface area contributed by atoms with Gasteiger partial charge in [-0.2, -0.15) is 0 Å². The fourth-order valence-electron chi connectivity index (χ4n) is 6.58. The molecule has 1 fully saturated rings. The fraction of sp³-hybridized carbons (Fsp3) is 0.351. The summed E-state index contributed by atoms with van der Waals surface area (Å²) >= 11 is 0. The molecule has 0 amide bonds. The number of hydrogen-bond acceptors (Lipinski definition) is 2. The highest BCUT2D eigenvalue weighted by molar-refractivity contribution is 5.85. The molecule has 0 aliphatic carbocycles. The second-order valence-corrected chi connectivity index (χ2v) is 11.3. The summed E-state index contributed by atoms with van der Waals surface area (Å²) in [5.74, 6) is 0.563. The van der Waals surface area contributed by atoms with Crippen molar-refractivity contribution < 1.29 is 4.39 Å². The van der Waals surface area contributed by atoms with E-state index in [0.29, 0.717) is 12.5 Å². The maximum Gasteiger partial charge on any atom is 0.127 e. The van der Waals surface area contributed by atoms with E-state index in [-0.39, 0.29) is 36.0 Å². The summed E-state index contributed by atoms with van der Waals surface area (Å²) in [5.41, 5.74) is 5.00. The van der Waals surface area contributed by atoms with Crippen molar-refractivity contribution in [1.29, 1.82) is 0 Å². The van der Waals surface area contributed by atoms with Crippen LogP contribution in [-0.4, -0.2) is 31.1 Å². The molecule has 0 spiro atoms. The van der Waals surface area contributed by atoms with Gasteiger partial charge < -0.3 is 10.2 Å². The van der Waals surface area contributed by atoms with Crippen molar-refractivity contribution in [3.63, 3.8) is 0 Å². The lowest BCUT2D eigenvalue weighted by atomic mass is 9.68. The first-order chi connectivity index (χ1) is 19.7. The SMILES string of the molecule is Cl.Cl.Fc1ccccc1CNCCCC(CCCN1CCC(c2ccccc2)CC1)(c1ccccc1)c1ccccc1. The summed E-state index contributed by atoms with van der Waals surface area (Å²) in [6.07, 6.45) is 6.87. The molecule has 0 saturated carbocycles. The number of nitrogens with zero attached hydrogens (tertiary/aromatic N) is 1. The van der Waals surface area contributed by atoms with Gasteiger partial charge in [0.2, 0.25) is 0 Å². The molecule has 4 aromatic rings. The van der Waals surface area contributed by atoms with Gasteiger partial charge in [0.05, 0.1) is 0 Å². The third-order valence-electron chi connectivity index (χ3n) is 8.82. The van der Waals surface area contributed by atoms with Crippen LogP contribution >= 0.6 is 24.8 Å². The zero-order valence-corrected chi connectivity index (χ0v) is 26.1. The summed E-state index contributed by atoms with van der Waals surface area (Å²) in [6.45, 7) is 4.94. The molecule has 5 rings (SSSR count). The summed E-state index contributed by atoms with van der Waals surface area (Å²) < 4.78 is 14.1. The first-order valence-corrected chi connectivity index (χ1v) is 15.1. The molecule has 0 radical (unpaired) electrons. The molecule has 1 aliphatic heterocycles. The van der Waals surface area contributed by atoms with Crippen LogP contribution in [0.2, 0.25) is 0 Å². The van der Waals surface area contributed by atoms with Crippen LogP contribution in [0.5, 0.6) is 0 Å². The van der Waals surface area contributed by atoms with Crippen LogP contribution in [0.1, 0.15) is 66.7 Å². The molecule has 0 bridgehead atoms. The number of likely N-dealkylation sites (tertiary alicyclic amines) is 1. The predicted octanol–water partition coefficient (Wildman–Crippen LogP) is 9.19. The van der Waals surface area contributed by atoms with Gasteiger partial charge in [-0.15, -0.1) is 24.8 Å². The Hall–Kier alpha value is -2.69. The number of nitrogens with one attached hydrogen (secondary N) is 1. The van der Waals surface area contributed by atoms with Crippen LogP contribution < -0.4 is 5.32 Å². The minimum Gasteiger partial charge on any atom is -0.313 e. The Morgan fingerprint density at radius 1 is 0.667 bits per heavy atom. The quantitative estimate of drug-likeness (QED) is 0.153. The molecule has 1 saturated heterocycles. The van der Waals surface area contributed by atoms with Gasteiger partial charge in [0, 0.05) is 17.5 Å². The predicted molar refractivity (Wildman–Crippen MR) is 180 cm³/mol. The van der Waals surface area contributed by atoms with Crippen molar-refractivity contribution in [1.82, 2.24) is 10.2 Å². The van der Waals surface area contributed by atoms with E-state index in [1.807, 2.05) is 12.1 Å². The van der Waals surface area contributed by atoms with E-state index in [1.165, 1.54) is 55.1 Å². The number of rotatable bonds is 13. The molecule has 42 heavy (non-hydrogen) atoms. The maximum absolute atomic E-state index is 14.1. The molecule has 224 valence electrons. The highest BCUT2D eigenvalue weighted by atomic mass is 35.5. The lowest BCUT2D eigenvalue weighted by Crippen LogP contribution is -2.35. The second-order valence-electron chi connectivity index (χ2n) is 11.3. The van der Waals surface area contributed by atoms with Gasteiger partial charge in [0.25, 0.3) is 0 Å².